The summed E-state index contributed by atoms with van der Waals surface area (Å²) >= 11 is 1.49. The van der Waals surface area contributed by atoms with E-state index in [1.165, 1.54) is 11.8 Å². The fraction of sp³-hybridized carbons (Fsp3) is 0.364. The summed E-state index contributed by atoms with van der Waals surface area (Å²) in [5.74, 6) is -0.123. The summed E-state index contributed by atoms with van der Waals surface area (Å²) in [5.41, 5.74) is 2.73. The van der Waals surface area contributed by atoms with Crippen molar-refractivity contribution in [2.45, 2.75) is 49.4 Å². The van der Waals surface area contributed by atoms with Crippen molar-refractivity contribution in [2.75, 3.05) is 21.7 Å². The number of carbonyl (C=O) groups excluding carboxylic acids is 2. The van der Waals surface area contributed by atoms with Crippen molar-refractivity contribution < 1.29 is 9.59 Å². The van der Waals surface area contributed by atoms with Gasteiger partial charge in [0.25, 0.3) is 5.91 Å². The topological polar surface area (TPSA) is 52.7 Å². The number of hydrogen-bond donors (Lipinski definition) is 1. The van der Waals surface area contributed by atoms with Gasteiger partial charge in [0.2, 0.25) is 5.91 Å². The second kappa shape index (κ2) is 7.17. The lowest BCUT2D eigenvalue weighted by molar-refractivity contribution is -0.121. The highest BCUT2D eigenvalue weighted by atomic mass is 32.2. The molecular weight excluding hydrogens is 370 g/mol. The van der Waals surface area contributed by atoms with Gasteiger partial charge in [0.1, 0.15) is 0 Å². The molecule has 1 saturated heterocycles. The first-order chi connectivity index (χ1) is 13.5. The normalized spacial score (nSPS) is 20.3. The highest BCUT2D eigenvalue weighted by Gasteiger charge is 2.57. The molecule has 0 saturated carbocycles. The zero-order valence-corrected chi connectivity index (χ0v) is 17.3. The molecule has 2 heterocycles. The van der Waals surface area contributed by atoms with Gasteiger partial charge >= 0.3 is 0 Å². The van der Waals surface area contributed by atoms with Crippen molar-refractivity contribution in [2.24, 2.45) is 0 Å². The molecule has 2 aliphatic heterocycles. The minimum Gasteiger partial charge on any atom is -0.369 e. The van der Waals surface area contributed by atoms with E-state index in [-0.39, 0.29) is 11.8 Å². The van der Waals surface area contributed by atoms with E-state index in [1.807, 2.05) is 48.5 Å². The molecule has 146 valence electrons. The van der Waals surface area contributed by atoms with E-state index in [4.69, 9.17) is 0 Å². The maximum Gasteiger partial charge on any atom is 0.261 e. The number of hydrogen-bond acceptors (Lipinski definition) is 4. The van der Waals surface area contributed by atoms with Crippen LogP contribution in [0.2, 0.25) is 0 Å². The number of nitrogens with zero attached hydrogens (tertiary/aromatic N) is 2. The molecular formula is C22H25N3O2S. The Hall–Kier alpha value is -2.47. The number of fused-ring (bicyclic) bond motifs is 3. The van der Waals surface area contributed by atoms with Gasteiger partial charge in [-0.05, 0) is 63.6 Å². The fourth-order valence-electron chi connectivity index (χ4n) is 4.11. The molecule has 2 aromatic carbocycles. The van der Waals surface area contributed by atoms with Gasteiger partial charge < -0.3 is 10.2 Å². The van der Waals surface area contributed by atoms with Gasteiger partial charge in [-0.3, -0.25) is 14.5 Å². The smallest absolute Gasteiger partial charge is 0.261 e. The van der Waals surface area contributed by atoms with E-state index in [0.717, 1.165) is 28.5 Å². The zero-order chi connectivity index (χ0) is 19.9. The fourth-order valence-corrected chi connectivity index (χ4v) is 5.52. The molecule has 0 radical (unpaired) electrons. The lowest BCUT2D eigenvalue weighted by Gasteiger charge is -2.30. The van der Waals surface area contributed by atoms with Crippen molar-refractivity contribution >= 4 is 40.6 Å². The SMILES string of the molecule is CCN(c1ccc(NC(=O)C23CCC(=O)N2c2ccccc2S3)cc1)C(C)C. The van der Waals surface area contributed by atoms with Crippen molar-refractivity contribution in [1.29, 1.82) is 0 Å². The average molecular weight is 396 g/mol. The van der Waals surface area contributed by atoms with Crippen LogP contribution in [0.4, 0.5) is 17.1 Å². The van der Waals surface area contributed by atoms with Crippen LogP contribution in [-0.4, -0.2) is 29.3 Å². The Morgan fingerprint density at radius 2 is 1.93 bits per heavy atom. The maximum absolute atomic E-state index is 13.3. The second-order valence-corrected chi connectivity index (χ2v) is 8.78. The average Bonchev–Trinajstić information content (AvgIpc) is 3.19. The Bertz CT molecular complexity index is 912. The van der Waals surface area contributed by atoms with E-state index in [9.17, 15) is 9.59 Å². The van der Waals surface area contributed by atoms with Gasteiger partial charge in [0.15, 0.2) is 4.87 Å². The number of anilines is 3. The summed E-state index contributed by atoms with van der Waals surface area (Å²) < 4.78 is 0. The molecule has 6 heteroatoms. The molecule has 0 spiro atoms. The third-order valence-corrected chi connectivity index (χ3v) is 6.92. The van der Waals surface area contributed by atoms with Crippen molar-refractivity contribution in [3.8, 4) is 0 Å². The summed E-state index contributed by atoms with van der Waals surface area (Å²) in [6, 6.07) is 16.1. The van der Waals surface area contributed by atoms with Crippen LogP contribution in [-0.2, 0) is 9.59 Å². The lowest BCUT2D eigenvalue weighted by atomic mass is 10.1. The molecule has 0 bridgehead atoms. The van der Waals surface area contributed by atoms with Gasteiger partial charge in [-0.2, -0.15) is 0 Å². The molecule has 28 heavy (non-hydrogen) atoms. The Morgan fingerprint density at radius 3 is 2.61 bits per heavy atom. The first kappa shape index (κ1) is 18.9. The quantitative estimate of drug-likeness (QED) is 0.810. The van der Waals surface area contributed by atoms with E-state index in [0.29, 0.717) is 18.9 Å². The van der Waals surface area contributed by atoms with Crippen molar-refractivity contribution in [3.63, 3.8) is 0 Å². The standard InChI is InChI=1S/C22H25N3O2S/c1-4-24(15(2)3)17-11-9-16(10-12-17)23-21(27)22-14-13-20(26)25(22)18-7-5-6-8-19(18)28-22/h5-12,15H,4,13-14H2,1-3H3,(H,23,27). The molecule has 0 aromatic heterocycles. The first-order valence-electron chi connectivity index (χ1n) is 9.75. The van der Waals surface area contributed by atoms with E-state index in [1.54, 1.807) is 4.90 Å². The van der Waals surface area contributed by atoms with Crippen LogP contribution in [0.1, 0.15) is 33.6 Å². The van der Waals surface area contributed by atoms with Crippen LogP contribution in [0, 0.1) is 0 Å². The molecule has 2 amide bonds. The van der Waals surface area contributed by atoms with Crippen molar-refractivity contribution in [1.82, 2.24) is 0 Å². The number of para-hydroxylation sites is 1. The van der Waals surface area contributed by atoms with Crippen LogP contribution in [0.3, 0.4) is 0 Å². The van der Waals surface area contributed by atoms with Gasteiger partial charge in [-0.15, -0.1) is 0 Å². The van der Waals surface area contributed by atoms with Gasteiger partial charge in [-0.25, -0.2) is 0 Å². The molecule has 1 atom stereocenters. The Balaban J connectivity index is 1.56. The summed E-state index contributed by atoms with van der Waals surface area (Å²) in [7, 11) is 0. The molecule has 1 fully saturated rings. The Morgan fingerprint density at radius 1 is 1.21 bits per heavy atom. The second-order valence-electron chi connectivity index (χ2n) is 7.46. The number of amides is 2. The molecule has 2 aromatic rings. The molecule has 0 aliphatic carbocycles. The van der Waals surface area contributed by atoms with E-state index >= 15 is 0 Å². The number of rotatable bonds is 5. The summed E-state index contributed by atoms with van der Waals surface area (Å²) in [5, 5.41) is 3.04. The third kappa shape index (κ3) is 2.96. The molecule has 5 nitrogen and oxygen atoms in total. The van der Waals surface area contributed by atoms with Crippen LogP contribution < -0.4 is 15.1 Å². The molecule has 1 unspecified atom stereocenters. The van der Waals surface area contributed by atoms with Crippen LogP contribution in [0.5, 0.6) is 0 Å². The molecule has 2 aliphatic rings. The largest absolute Gasteiger partial charge is 0.369 e. The highest BCUT2D eigenvalue weighted by Crippen LogP contribution is 2.56. The molecule has 1 N–H and O–H groups in total. The summed E-state index contributed by atoms with van der Waals surface area (Å²) in [6.07, 6.45) is 0.916. The minimum absolute atomic E-state index is 0.0125. The number of nitrogens with one attached hydrogen (secondary N) is 1. The van der Waals surface area contributed by atoms with Gasteiger partial charge in [-0.1, -0.05) is 23.9 Å². The van der Waals surface area contributed by atoms with Gasteiger partial charge in [0.05, 0.1) is 5.69 Å². The Labute approximate surface area is 170 Å². The van der Waals surface area contributed by atoms with Crippen LogP contribution in [0.15, 0.2) is 53.4 Å². The predicted octanol–water partition coefficient (Wildman–Crippen LogP) is 4.49. The summed E-state index contributed by atoms with van der Waals surface area (Å²) in [4.78, 5) is 29.9. The third-order valence-electron chi connectivity index (χ3n) is 5.45. The number of thioether (sulfide) groups is 1. The minimum atomic E-state index is -0.882. The van der Waals surface area contributed by atoms with Crippen molar-refractivity contribution in [3.05, 3.63) is 48.5 Å². The Kier molecular flexibility index (Phi) is 4.83. The predicted molar refractivity (Wildman–Crippen MR) is 115 cm³/mol. The number of carbonyl (C=O) groups is 2. The number of benzene rings is 2. The molecule has 4 rings (SSSR count). The van der Waals surface area contributed by atoms with E-state index in [2.05, 4.69) is 31.0 Å². The first-order valence-corrected chi connectivity index (χ1v) is 10.6. The summed E-state index contributed by atoms with van der Waals surface area (Å²) in [6.45, 7) is 7.39. The van der Waals surface area contributed by atoms with E-state index < -0.39 is 4.87 Å². The van der Waals surface area contributed by atoms with Crippen LogP contribution in [0.25, 0.3) is 0 Å². The zero-order valence-electron chi connectivity index (χ0n) is 16.4. The lowest BCUT2D eigenvalue weighted by Crippen LogP contribution is -2.49. The van der Waals surface area contributed by atoms with Crippen LogP contribution >= 0.6 is 11.8 Å². The van der Waals surface area contributed by atoms with Gasteiger partial charge in [0, 0.05) is 35.3 Å². The maximum atomic E-state index is 13.3. The monoisotopic (exact) mass is 395 g/mol. The highest BCUT2D eigenvalue weighted by molar-refractivity contribution is 8.02.